The second kappa shape index (κ2) is 7.17. The van der Waals surface area contributed by atoms with Crippen molar-refractivity contribution in [1.82, 2.24) is 15.3 Å². The summed E-state index contributed by atoms with van der Waals surface area (Å²) in [6.45, 7) is 1.61. The normalized spacial score (nSPS) is 15.4. The van der Waals surface area contributed by atoms with Crippen LogP contribution in [0.25, 0.3) is 10.3 Å². The van der Waals surface area contributed by atoms with E-state index in [1.807, 2.05) is 12.1 Å². The predicted octanol–water partition coefficient (Wildman–Crippen LogP) is 3.88. The van der Waals surface area contributed by atoms with Crippen molar-refractivity contribution in [1.29, 1.82) is 0 Å². The summed E-state index contributed by atoms with van der Waals surface area (Å²) >= 11 is 7.54. The number of rotatable bonds is 3. The first-order valence-corrected chi connectivity index (χ1v) is 9.52. The number of carbonyl (C=O) groups excluding carboxylic acids is 1. The van der Waals surface area contributed by atoms with Crippen LogP contribution in [0.4, 0.5) is 9.52 Å². The number of benzene rings is 1. The zero-order valence-electron chi connectivity index (χ0n) is 13.8. The molecule has 0 bridgehead atoms. The van der Waals surface area contributed by atoms with Crippen molar-refractivity contribution in [2.24, 2.45) is 0 Å². The van der Waals surface area contributed by atoms with Gasteiger partial charge in [-0.3, -0.25) is 4.79 Å². The number of hydrogen-bond donors (Lipinski definition) is 1. The van der Waals surface area contributed by atoms with E-state index in [2.05, 4.69) is 20.2 Å². The summed E-state index contributed by atoms with van der Waals surface area (Å²) in [5, 5.41) is 4.08. The summed E-state index contributed by atoms with van der Waals surface area (Å²) in [6, 6.07) is 7.71. The molecule has 26 heavy (non-hydrogen) atoms. The maximum Gasteiger partial charge on any atom is 0.253 e. The van der Waals surface area contributed by atoms with Gasteiger partial charge in [0.25, 0.3) is 5.91 Å². The van der Waals surface area contributed by atoms with Gasteiger partial charge >= 0.3 is 0 Å². The van der Waals surface area contributed by atoms with Gasteiger partial charge in [-0.05, 0) is 43.2 Å². The highest BCUT2D eigenvalue weighted by Gasteiger charge is 2.24. The Balaban J connectivity index is 1.38. The summed E-state index contributed by atoms with van der Waals surface area (Å²) < 4.78 is 13.1. The molecule has 4 rings (SSSR count). The number of pyridine rings is 1. The molecule has 1 aliphatic rings. The Labute approximate surface area is 158 Å². The molecule has 0 atom stereocenters. The molecule has 134 valence electrons. The molecule has 3 aromatic rings. The zero-order valence-corrected chi connectivity index (χ0v) is 15.4. The van der Waals surface area contributed by atoms with Crippen molar-refractivity contribution in [3.8, 4) is 0 Å². The van der Waals surface area contributed by atoms with Gasteiger partial charge in [0, 0.05) is 25.3 Å². The summed E-state index contributed by atoms with van der Waals surface area (Å²) in [5.41, 5.74) is 1.21. The van der Waals surface area contributed by atoms with Gasteiger partial charge in [0.15, 0.2) is 5.13 Å². The molecule has 8 heteroatoms. The van der Waals surface area contributed by atoms with Crippen molar-refractivity contribution < 1.29 is 9.18 Å². The largest absolute Gasteiger partial charge is 0.349 e. The van der Waals surface area contributed by atoms with Gasteiger partial charge in [-0.1, -0.05) is 22.9 Å². The fourth-order valence-electron chi connectivity index (χ4n) is 3.05. The van der Waals surface area contributed by atoms with Crippen LogP contribution in [0, 0.1) is 5.82 Å². The van der Waals surface area contributed by atoms with E-state index < -0.39 is 5.82 Å². The molecule has 0 saturated carbocycles. The molecule has 1 aromatic carbocycles. The monoisotopic (exact) mass is 390 g/mol. The Bertz CT molecular complexity index is 922. The second-order valence-corrected chi connectivity index (χ2v) is 7.55. The number of amides is 1. The number of aromatic nitrogens is 2. The van der Waals surface area contributed by atoms with Crippen LogP contribution in [-0.2, 0) is 0 Å². The molecule has 0 aliphatic carbocycles. The van der Waals surface area contributed by atoms with Gasteiger partial charge in [-0.2, -0.15) is 0 Å². The maximum absolute atomic E-state index is 13.1. The summed E-state index contributed by atoms with van der Waals surface area (Å²) in [6.07, 6.45) is 3.40. The van der Waals surface area contributed by atoms with Gasteiger partial charge in [0.1, 0.15) is 16.2 Å². The SMILES string of the molecule is O=C(NC1CCN(c2nc3cccnc3s2)CC1)c1ccc(F)cc1Cl. The van der Waals surface area contributed by atoms with Crippen LogP contribution in [0.1, 0.15) is 23.2 Å². The average Bonchev–Trinajstić information content (AvgIpc) is 3.06. The van der Waals surface area contributed by atoms with Crippen LogP contribution < -0.4 is 10.2 Å². The standard InChI is InChI=1S/C18H16ClFN4OS/c19-14-10-11(20)3-4-13(14)16(25)22-12-5-8-24(9-6-12)18-23-15-2-1-7-21-17(15)26-18/h1-4,7,10,12H,5-6,8-9H2,(H,22,25). The minimum Gasteiger partial charge on any atom is -0.349 e. The Hall–Kier alpha value is -2.25. The van der Waals surface area contributed by atoms with E-state index >= 15 is 0 Å². The molecule has 2 aromatic heterocycles. The third-order valence-electron chi connectivity index (χ3n) is 4.43. The molecule has 1 amide bonds. The van der Waals surface area contributed by atoms with E-state index in [0.29, 0.717) is 5.56 Å². The van der Waals surface area contributed by atoms with E-state index in [4.69, 9.17) is 11.6 Å². The van der Waals surface area contributed by atoms with Crippen molar-refractivity contribution in [3.05, 3.63) is 52.9 Å². The van der Waals surface area contributed by atoms with Crippen molar-refractivity contribution in [2.45, 2.75) is 18.9 Å². The number of nitrogens with zero attached hydrogens (tertiary/aromatic N) is 3. The molecule has 1 aliphatic heterocycles. The van der Waals surface area contributed by atoms with Gasteiger partial charge in [0.05, 0.1) is 10.6 Å². The van der Waals surface area contributed by atoms with Crippen molar-refractivity contribution >= 4 is 44.3 Å². The van der Waals surface area contributed by atoms with Crippen LogP contribution in [0.15, 0.2) is 36.5 Å². The van der Waals surface area contributed by atoms with Crippen LogP contribution in [0.2, 0.25) is 5.02 Å². The van der Waals surface area contributed by atoms with Crippen LogP contribution in [0.5, 0.6) is 0 Å². The fraction of sp³-hybridized carbons (Fsp3) is 0.278. The number of nitrogens with one attached hydrogen (secondary N) is 1. The highest BCUT2D eigenvalue weighted by atomic mass is 35.5. The molecule has 0 spiro atoms. The van der Waals surface area contributed by atoms with Gasteiger partial charge in [-0.15, -0.1) is 0 Å². The molecule has 5 nitrogen and oxygen atoms in total. The topological polar surface area (TPSA) is 58.1 Å². The first kappa shape index (κ1) is 17.2. The van der Waals surface area contributed by atoms with E-state index in [-0.39, 0.29) is 17.0 Å². The third-order valence-corrected chi connectivity index (χ3v) is 5.78. The summed E-state index contributed by atoms with van der Waals surface area (Å²) in [4.78, 5) is 24.5. The minimum atomic E-state index is -0.454. The summed E-state index contributed by atoms with van der Waals surface area (Å²) in [7, 11) is 0. The first-order chi connectivity index (χ1) is 12.6. The fourth-order valence-corrected chi connectivity index (χ4v) is 4.26. The number of carbonyl (C=O) groups is 1. The van der Waals surface area contributed by atoms with Crippen LogP contribution in [-0.4, -0.2) is 35.0 Å². The Morgan fingerprint density at radius 2 is 2.12 bits per heavy atom. The van der Waals surface area contributed by atoms with Crippen molar-refractivity contribution in [2.75, 3.05) is 18.0 Å². The Kier molecular flexibility index (Phi) is 4.74. The lowest BCUT2D eigenvalue weighted by Crippen LogP contribution is -2.44. The molecular weight excluding hydrogens is 375 g/mol. The quantitative estimate of drug-likeness (QED) is 0.737. The molecule has 1 saturated heterocycles. The number of hydrogen-bond acceptors (Lipinski definition) is 5. The second-order valence-electron chi connectivity index (χ2n) is 6.18. The van der Waals surface area contributed by atoms with E-state index in [1.165, 1.54) is 12.1 Å². The van der Waals surface area contributed by atoms with E-state index in [0.717, 1.165) is 47.5 Å². The molecule has 0 unspecified atom stereocenters. The number of anilines is 1. The molecule has 3 heterocycles. The third kappa shape index (κ3) is 3.50. The number of thiazole rings is 1. The predicted molar refractivity (Wildman–Crippen MR) is 102 cm³/mol. The van der Waals surface area contributed by atoms with Gasteiger partial charge < -0.3 is 10.2 Å². The average molecular weight is 391 g/mol. The number of fused-ring (bicyclic) bond motifs is 1. The molecule has 1 N–H and O–H groups in total. The lowest BCUT2D eigenvalue weighted by Gasteiger charge is -2.32. The molecular formula is C18H16ClFN4OS. The highest BCUT2D eigenvalue weighted by Crippen LogP contribution is 2.29. The smallest absolute Gasteiger partial charge is 0.253 e. The van der Waals surface area contributed by atoms with E-state index in [1.54, 1.807) is 17.5 Å². The van der Waals surface area contributed by atoms with E-state index in [9.17, 15) is 9.18 Å². The minimum absolute atomic E-state index is 0.0624. The molecule has 0 radical (unpaired) electrons. The number of halogens is 2. The number of piperidine rings is 1. The van der Waals surface area contributed by atoms with Gasteiger partial charge in [-0.25, -0.2) is 14.4 Å². The lowest BCUT2D eigenvalue weighted by molar-refractivity contribution is 0.0931. The first-order valence-electron chi connectivity index (χ1n) is 8.32. The maximum atomic E-state index is 13.1. The van der Waals surface area contributed by atoms with Crippen LogP contribution >= 0.6 is 22.9 Å². The van der Waals surface area contributed by atoms with Crippen LogP contribution in [0.3, 0.4) is 0 Å². The van der Waals surface area contributed by atoms with Gasteiger partial charge in [0.2, 0.25) is 0 Å². The van der Waals surface area contributed by atoms with Crippen molar-refractivity contribution in [3.63, 3.8) is 0 Å². The highest BCUT2D eigenvalue weighted by molar-refractivity contribution is 7.21. The zero-order chi connectivity index (χ0) is 18.1. The summed E-state index contributed by atoms with van der Waals surface area (Å²) in [5.74, 6) is -0.720. The Morgan fingerprint density at radius 3 is 2.85 bits per heavy atom. The Morgan fingerprint density at radius 1 is 1.31 bits per heavy atom. The molecule has 1 fully saturated rings. The lowest BCUT2D eigenvalue weighted by atomic mass is 10.0.